The number of nitrogens with zero attached hydrogens (tertiary/aromatic N) is 2. The summed E-state index contributed by atoms with van der Waals surface area (Å²) in [6, 6.07) is 11.2. The second kappa shape index (κ2) is 7.76. The number of halogens is 1. The Labute approximate surface area is 166 Å². The van der Waals surface area contributed by atoms with E-state index in [1.54, 1.807) is 6.20 Å². The molecule has 2 aromatic rings. The van der Waals surface area contributed by atoms with E-state index in [1.165, 1.54) is 0 Å². The quantitative estimate of drug-likeness (QED) is 0.743. The van der Waals surface area contributed by atoms with Crippen LogP contribution in [0.5, 0.6) is 17.4 Å². The highest BCUT2D eigenvalue weighted by molar-refractivity contribution is 9.10. The molecule has 2 aliphatic heterocycles. The minimum atomic E-state index is -0.623. The van der Waals surface area contributed by atoms with Crippen molar-refractivity contribution in [2.75, 3.05) is 13.1 Å². The first-order chi connectivity index (χ1) is 13.1. The van der Waals surface area contributed by atoms with Crippen LogP contribution in [0.3, 0.4) is 0 Å². The molecule has 0 aliphatic carbocycles. The fraction of sp³-hybridized carbons (Fsp3) is 0.400. The number of para-hydroxylation sites is 2. The number of carbonyl (C=O) groups excluding carboxylic acids is 1. The Kier molecular flexibility index (Phi) is 5.20. The van der Waals surface area contributed by atoms with E-state index < -0.39 is 6.10 Å². The van der Waals surface area contributed by atoms with Gasteiger partial charge in [0.2, 0.25) is 12.0 Å². The smallest absolute Gasteiger partial charge is 0.267 e. The van der Waals surface area contributed by atoms with E-state index in [1.807, 2.05) is 48.2 Å². The number of aromatic nitrogens is 1. The average Bonchev–Trinajstić information content (AvgIpc) is 2.69. The molecule has 0 radical (unpaired) electrons. The van der Waals surface area contributed by atoms with E-state index >= 15 is 0 Å². The normalized spacial score (nSPS) is 22.4. The maximum atomic E-state index is 13.0. The van der Waals surface area contributed by atoms with Gasteiger partial charge in [-0.2, -0.15) is 0 Å². The standard InChI is InChI=1S/C20H21BrN2O4/c1-13-18(27-17-7-3-2-6-16(17)25-13)20(24)23-11-8-14(9-12-23)26-19-15(21)5-4-10-22-19/h2-7,10,13-14,18H,8-9,11-12H2,1H3/t13-,18-/m0/s1. The zero-order chi connectivity index (χ0) is 18.8. The number of carbonyl (C=O) groups is 1. The Morgan fingerprint density at radius 1 is 1.15 bits per heavy atom. The lowest BCUT2D eigenvalue weighted by Crippen LogP contribution is -2.53. The Morgan fingerprint density at radius 3 is 2.56 bits per heavy atom. The van der Waals surface area contributed by atoms with Gasteiger partial charge in [-0.1, -0.05) is 12.1 Å². The average molecular weight is 433 g/mol. The minimum Gasteiger partial charge on any atom is -0.482 e. The summed E-state index contributed by atoms with van der Waals surface area (Å²) < 4.78 is 18.6. The Hall–Kier alpha value is -2.28. The topological polar surface area (TPSA) is 60.9 Å². The Balaban J connectivity index is 1.36. The number of benzene rings is 1. The van der Waals surface area contributed by atoms with Gasteiger partial charge in [0.25, 0.3) is 5.91 Å². The number of hydrogen-bond acceptors (Lipinski definition) is 5. The van der Waals surface area contributed by atoms with Crippen molar-refractivity contribution in [1.82, 2.24) is 9.88 Å². The van der Waals surface area contributed by atoms with Gasteiger partial charge in [-0.25, -0.2) is 4.98 Å². The van der Waals surface area contributed by atoms with Crippen molar-refractivity contribution >= 4 is 21.8 Å². The maximum absolute atomic E-state index is 13.0. The second-order valence-corrected chi connectivity index (χ2v) is 7.60. The fourth-order valence-corrected chi connectivity index (χ4v) is 3.73. The van der Waals surface area contributed by atoms with Gasteiger partial charge in [-0.05, 0) is 47.1 Å². The minimum absolute atomic E-state index is 0.0329. The van der Waals surface area contributed by atoms with Crippen LogP contribution in [0.15, 0.2) is 47.1 Å². The second-order valence-electron chi connectivity index (χ2n) is 6.74. The summed E-state index contributed by atoms with van der Waals surface area (Å²) >= 11 is 3.45. The molecule has 2 aliphatic rings. The number of likely N-dealkylation sites (tertiary alicyclic amines) is 1. The summed E-state index contributed by atoms with van der Waals surface area (Å²) in [5.74, 6) is 1.86. The van der Waals surface area contributed by atoms with Crippen molar-refractivity contribution < 1.29 is 19.0 Å². The molecule has 27 heavy (non-hydrogen) atoms. The molecular weight excluding hydrogens is 412 g/mol. The summed E-state index contributed by atoms with van der Waals surface area (Å²) in [5, 5.41) is 0. The molecule has 1 aromatic carbocycles. The number of fused-ring (bicyclic) bond motifs is 1. The first-order valence-electron chi connectivity index (χ1n) is 9.10. The molecular formula is C20H21BrN2O4. The third-order valence-electron chi connectivity index (χ3n) is 4.84. The highest BCUT2D eigenvalue weighted by atomic mass is 79.9. The van der Waals surface area contributed by atoms with Crippen molar-refractivity contribution in [3.63, 3.8) is 0 Å². The summed E-state index contributed by atoms with van der Waals surface area (Å²) in [5.41, 5.74) is 0. The van der Waals surface area contributed by atoms with Gasteiger partial charge in [0.05, 0.1) is 4.47 Å². The number of amides is 1. The predicted molar refractivity (Wildman–Crippen MR) is 103 cm³/mol. The van der Waals surface area contributed by atoms with Gasteiger partial charge in [0, 0.05) is 32.1 Å². The van der Waals surface area contributed by atoms with E-state index in [9.17, 15) is 4.79 Å². The molecule has 0 spiro atoms. The maximum Gasteiger partial charge on any atom is 0.267 e. The van der Waals surface area contributed by atoms with Gasteiger partial charge in [-0.3, -0.25) is 4.79 Å². The Morgan fingerprint density at radius 2 is 1.85 bits per heavy atom. The summed E-state index contributed by atoms with van der Waals surface area (Å²) in [4.78, 5) is 19.0. The van der Waals surface area contributed by atoms with Crippen molar-refractivity contribution in [2.24, 2.45) is 0 Å². The lowest BCUT2D eigenvalue weighted by Gasteiger charge is -2.37. The van der Waals surface area contributed by atoms with Crippen LogP contribution in [0.1, 0.15) is 19.8 Å². The van der Waals surface area contributed by atoms with Crippen LogP contribution in [0.25, 0.3) is 0 Å². The third-order valence-corrected chi connectivity index (χ3v) is 5.45. The summed E-state index contributed by atoms with van der Waals surface area (Å²) in [6.07, 6.45) is 2.31. The largest absolute Gasteiger partial charge is 0.482 e. The first-order valence-corrected chi connectivity index (χ1v) is 9.89. The molecule has 0 saturated carbocycles. The molecule has 3 heterocycles. The Bertz CT molecular complexity index is 823. The molecule has 6 nitrogen and oxygen atoms in total. The van der Waals surface area contributed by atoms with Crippen molar-refractivity contribution in [1.29, 1.82) is 0 Å². The van der Waals surface area contributed by atoms with Gasteiger partial charge in [0.1, 0.15) is 12.2 Å². The number of pyridine rings is 1. The predicted octanol–water partition coefficient (Wildman–Crippen LogP) is 3.44. The molecule has 7 heteroatoms. The highest BCUT2D eigenvalue weighted by Gasteiger charge is 2.38. The summed E-state index contributed by atoms with van der Waals surface area (Å²) in [6.45, 7) is 3.12. The molecule has 0 unspecified atom stereocenters. The van der Waals surface area contributed by atoms with Crippen LogP contribution in [0.2, 0.25) is 0 Å². The molecule has 1 saturated heterocycles. The van der Waals surface area contributed by atoms with Gasteiger partial charge < -0.3 is 19.1 Å². The number of hydrogen-bond donors (Lipinski definition) is 0. The van der Waals surface area contributed by atoms with E-state index in [0.717, 1.165) is 17.3 Å². The molecule has 1 amide bonds. The lowest BCUT2D eigenvalue weighted by molar-refractivity contribution is -0.146. The van der Waals surface area contributed by atoms with Crippen LogP contribution in [0.4, 0.5) is 0 Å². The molecule has 0 N–H and O–H groups in total. The SMILES string of the molecule is C[C@@H]1Oc2ccccc2O[C@@H]1C(=O)N1CCC(Oc2ncccc2Br)CC1. The molecule has 1 fully saturated rings. The number of rotatable bonds is 3. The number of ether oxygens (including phenoxy) is 3. The zero-order valence-electron chi connectivity index (χ0n) is 15.0. The van der Waals surface area contributed by atoms with Gasteiger partial charge in [0.15, 0.2) is 11.5 Å². The van der Waals surface area contributed by atoms with Crippen LogP contribution < -0.4 is 14.2 Å². The summed E-state index contributed by atoms with van der Waals surface area (Å²) in [7, 11) is 0. The van der Waals surface area contributed by atoms with Crippen LogP contribution in [-0.2, 0) is 4.79 Å². The van der Waals surface area contributed by atoms with Gasteiger partial charge >= 0.3 is 0 Å². The monoisotopic (exact) mass is 432 g/mol. The van der Waals surface area contributed by atoms with E-state index in [4.69, 9.17) is 14.2 Å². The van der Waals surface area contributed by atoms with E-state index in [0.29, 0.717) is 30.5 Å². The van der Waals surface area contributed by atoms with Crippen molar-refractivity contribution in [3.8, 4) is 17.4 Å². The van der Waals surface area contributed by atoms with Crippen molar-refractivity contribution in [2.45, 2.75) is 38.1 Å². The third kappa shape index (κ3) is 3.88. The van der Waals surface area contributed by atoms with E-state index in [2.05, 4.69) is 20.9 Å². The first kappa shape index (κ1) is 18.1. The van der Waals surface area contributed by atoms with Crippen LogP contribution >= 0.6 is 15.9 Å². The lowest BCUT2D eigenvalue weighted by atomic mass is 10.1. The van der Waals surface area contributed by atoms with Crippen molar-refractivity contribution in [3.05, 3.63) is 47.1 Å². The molecule has 1 aromatic heterocycles. The zero-order valence-corrected chi connectivity index (χ0v) is 16.6. The fourth-order valence-electron chi connectivity index (χ4n) is 3.38. The molecule has 2 atom stereocenters. The van der Waals surface area contributed by atoms with E-state index in [-0.39, 0.29) is 18.1 Å². The van der Waals surface area contributed by atoms with Crippen LogP contribution in [-0.4, -0.2) is 47.2 Å². The molecule has 4 rings (SSSR count). The van der Waals surface area contributed by atoms with Gasteiger partial charge in [-0.15, -0.1) is 0 Å². The van der Waals surface area contributed by atoms with Crippen LogP contribution in [0, 0.1) is 0 Å². The number of piperidine rings is 1. The molecule has 142 valence electrons. The highest BCUT2D eigenvalue weighted by Crippen LogP contribution is 2.34. The molecule has 0 bridgehead atoms.